The predicted octanol–water partition coefficient (Wildman–Crippen LogP) is 14.4. The maximum Gasteiger partial charge on any atom is 0.145 e. The SMILES string of the molecule is CC1/C=C\C=C/Cc2c(cc(-c3ccc(-c4nc5ccccc5n4-c4ccccc4)cc3)c3ccccc23)C=C1c1ccc(-c2nc3ccccc3n2-c2ccccc2)cc1. The molecule has 0 fully saturated rings. The smallest absolute Gasteiger partial charge is 0.145 e. The third-order valence-corrected chi connectivity index (χ3v) is 12.0. The lowest BCUT2D eigenvalue weighted by Gasteiger charge is -2.19. The molecule has 290 valence electrons. The topological polar surface area (TPSA) is 35.6 Å². The van der Waals surface area contributed by atoms with Crippen LogP contribution in [0.4, 0.5) is 0 Å². The van der Waals surface area contributed by atoms with Crippen LogP contribution in [0.2, 0.25) is 0 Å². The molecule has 0 bridgehead atoms. The van der Waals surface area contributed by atoms with E-state index in [1.165, 1.54) is 44.2 Å². The Hall–Kier alpha value is -7.82. The molecule has 1 aliphatic carbocycles. The van der Waals surface area contributed by atoms with Crippen LogP contribution in [0.1, 0.15) is 23.6 Å². The fourth-order valence-corrected chi connectivity index (χ4v) is 9.02. The molecule has 2 aromatic heterocycles. The predicted molar refractivity (Wildman–Crippen MR) is 255 cm³/mol. The van der Waals surface area contributed by atoms with Crippen LogP contribution < -0.4 is 0 Å². The van der Waals surface area contributed by atoms with Crippen LogP contribution in [0.25, 0.3) is 89.8 Å². The van der Waals surface area contributed by atoms with Crippen molar-refractivity contribution in [1.29, 1.82) is 0 Å². The minimum absolute atomic E-state index is 0.174. The molecule has 0 saturated carbocycles. The maximum absolute atomic E-state index is 5.14. The summed E-state index contributed by atoms with van der Waals surface area (Å²) in [7, 11) is 0. The first-order valence-electron chi connectivity index (χ1n) is 21.0. The highest BCUT2D eigenvalue weighted by molar-refractivity contribution is 6.02. The zero-order valence-electron chi connectivity index (χ0n) is 33.9. The normalized spacial score (nSPS) is 15.1. The van der Waals surface area contributed by atoms with Gasteiger partial charge in [-0.2, -0.15) is 0 Å². The van der Waals surface area contributed by atoms with E-state index >= 15 is 0 Å². The number of aromatic nitrogens is 4. The van der Waals surface area contributed by atoms with E-state index in [9.17, 15) is 0 Å². The summed E-state index contributed by atoms with van der Waals surface area (Å²) in [5.74, 6) is 2.04. The fourth-order valence-electron chi connectivity index (χ4n) is 9.02. The second-order valence-electron chi connectivity index (χ2n) is 15.8. The molecule has 2 heterocycles. The molecule has 0 amide bonds. The Morgan fingerprint density at radius 1 is 0.475 bits per heavy atom. The van der Waals surface area contributed by atoms with Crippen molar-refractivity contribution in [3.63, 3.8) is 0 Å². The van der Waals surface area contributed by atoms with E-state index in [1.54, 1.807) is 0 Å². The maximum atomic E-state index is 5.14. The van der Waals surface area contributed by atoms with E-state index in [0.717, 1.165) is 62.6 Å². The van der Waals surface area contributed by atoms with Crippen molar-refractivity contribution in [1.82, 2.24) is 19.1 Å². The molecular weight excluding hydrogens is 741 g/mol. The molecule has 0 N–H and O–H groups in total. The third-order valence-electron chi connectivity index (χ3n) is 12.0. The Morgan fingerprint density at radius 3 is 1.56 bits per heavy atom. The lowest BCUT2D eigenvalue weighted by Crippen LogP contribution is -2.00. The second kappa shape index (κ2) is 15.4. The van der Waals surface area contributed by atoms with Gasteiger partial charge in [0.15, 0.2) is 0 Å². The van der Waals surface area contributed by atoms with Gasteiger partial charge in [0.1, 0.15) is 11.6 Å². The van der Waals surface area contributed by atoms with Gasteiger partial charge in [0, 0.05) is 22.5 Å². The number of nitrogens with zero attached hydrogens (tertiary/aromatic N) is 4. The fraction of sp³-hybridized carbons (Fsp3) is 0.0526. The highest BCUT2D eigenvalue weighted by atomic mass is 15.1. The molecular formula is C57H42N4. The first-order chi connectivity index (χ1) is 30.2. The van der Waals surface area contributed by atoms with Crippen molar-refractivity contribution < 1.29 is 0 Å². The number of allylic oxidation sites excluding steroid dienone is 5. The van der Waals surface area contributed by atoms with Crippen LogP contribution in [0, 0.1) is 5.92 Å². The first kappa shape index (κ1) is 36.3. The standard InChI is InChI=1S/C57H42N4/c1-39-17-5-2-10-22-47-44(37-50(39)40-29-33-42(34-30-40)56-58-52-25-13-15-27-54(52)60(56)45-18-6-3-7-19-45)38-51(49-24-12-11-23-48(47)49)41-31-35-43(36-32-41)57-59-53-26-14-16-28-55(53)61(57)46-20-8-4-9-21-46/h2-21,23-39H,22H2,1H3/b10-2-,17-5-,50-37?. The Labute approximate surface area is 355 Å². The van der Waals surface area contributed by atoms with E-state index < -0.39 is 0 Å². The van der Waals surface area contributed by atoms with Gasteiger partial charge in [-0.3, -0.25) is 9.13 Å². The van der Waals surface area contributed by atoms with Crippen LogP contribution in [0.15, 0.2) is 212 Å². The summed E-state index contributed by atoms with van der Waals surface area (Å²) in [5, 5.41) is 2.53. The molecule has 4 nitrogen and oxygen atoms in total. The van der Waals surface area contributed by atoms with Gasteiger partial charge in [-0.15, -0.1) is 0 Å². The molecule has 0 spiro atoms. The van der Waals surface area contributed by atoms with Crippen LogP contribution >= 0.6 is 0 Å². The average molecular weight is 783 g/mol. The van der Waals surface area contributed by atoms with Gasteiger partial charge < -0.3 is 0 Å². The highest BCUT2D eigenvalue weighted by Crippen LogP contribution is 2.39. The van der Waals surface area contributed by atoms with Gasteiger partial charge >= 0.3 is 0 Å². The van der Waals surface area contributed by atoms with Crippen molar-refractivity contribution >= 4 is 44.5 Å². The first-order valence-corrected chi connectivity index (χ1v) is 21.0. The van der Waals surface area contributed by atoms with Gasteiger partial charge in [0.2, 0.25) is 0 Å². The summed E-state index contributed by atoms with van der Waals surface area (Å²) in [5.41, 5.74) is 15.9. The second-order valence-corrected chi connectivity index (χ2v) is 15.8. The molecule has 1 atom stereocenters. The summed E-state index contributed by atoms with van der Waals surface area (Å²) in [6.45, 7) is 2.30. The van der Waals surface area contributed by atoms with Crippen LogP contribution in [-0.4, -0.2) is 19.1 Å². The molecule has 4 heteroatoms. The van der Waals surface area contributed by atoms with Crippen LogP contribution in [0.5, 0.6) is 0 Å². The van der Waals surface area contributed by atoms with Gasteiger partial charge in [0.25, 0.3) is 0 Å². The Balaban J connectivity index is 1.02. The molecule has 0 saturated heterocycles. The van der Waals surface area contributed by atoms with Gasteiger partial charge in [-0.05, 0) is 111 Å². The molecule has 8 aromatic carbocycles. The molecule has 10 aromatic rings. The molecule has 11 rings (SSSR count). The van der Waals surface area contributed by atoms with Crippen LogP contribution in [-0.2, 0) is 6.42 Å². The Bertz CT molecular complexity index is 3310. The van der Waals surface area contributed by atoms with Gasteiger partial charge in [-0.1, -0.05) is 171 Å². The van der Waals surface area contributed by atoms with Crippen LogP contribution in [0.3, 0.4) is 0 Å². The lowest BCUT2D eigenvalue weighted by molar-refractivity contribution is 0.968. The highest BCUT2D eigenvalue weighted by Gasteiger charge is 2.19. The number of benzene rings is 8. The number of para-hydroxylation sites is 6. The number of hydrogen-bond acceptors (Lipinski definition) is 2. The zero-order chi connectivity index (χ0) is 40.7. The van der Waals surface area contributed by atoms with E-state index in [-0.39, 0.29) is 5.92 Å². The van der Waals surface area contributed by atoms with Crippen molar-refractivity contribution in [3.8, 4) is 45.3 Å². The average Bonchev–Trinajstić information content (AvgIpc) is 3.91. The number of imidazole rings is 2. The Morgan fingerprint density at radius 2 is 0.967 bits per heavy atom. The zero-order valence-corrected chi connectivity index (χ0v) is 33.9. The van der Waals surface area contributed by atoms with Gasteiger partial charge in [0.05, 0.1) is 22.1 Å². The number of rotatable bonds is 6. The summed E-state index contributed by atoms with van der Waals surface area (Å²) in [6.07, 6.45) is 12.3. The largest absolute Gasteiger partial charge is 0.292 e. The summed E-state index contributed by atoms with van der Waals surface area (Å²) < 4.78 is 4.53. The van der Waals surface area contributed by atoms with E-state index in [2.05, 4.69) is 234 Å². The summed E-state index contributed by atoms with van der Waals surface area (Å²) in [6, 6.07) is 67.0. The third kappa shape index (κ3) is 6.59. The monoisotopic (exact) mass is 782 g/mol. The molecule has 1 aliphatic rings. The van der Waals surface area contributed by atoms with Crippen molar-refractivity contribution in [2.24, 2.45) is 5.92 Å². The number of fused-ring (bicyclic) bond motifs is 5. The van der Waals surface area contributed by atoms with E-state index in [0.29, 0.717) is 0 Å². The minimum Gasteiger partial charge on any atom is -0.292 e. The minimum atomic E-state index is 0.174. The number of hydrogen-bond donors (Lipinski definition) is 0. The Kier molecular flexibility index (Phi) is 9.16. The van der Waals surface area contributed by atoms with Crippen molar-refractivity contribution in [2.75, 3.05) is 0 Å². The summed E-state index contributed by atoms with van der Waals surface area (Å²) in [4.78, 5) is 10.3. The summed E-state index contributed by atoms with van der Waals surface area (Å²) >= 11 is 0. The quantitative estimate of drug-likeness (QED) is 0.168. The molecule has 0 radical (unpaired) electrons. The van der Waals surface area contributed by atoms with Gasteiger partial charge in [-0.25, -0.2) is 9.97 Å². The molecule has 1 unspecified atom stereocenters. The van der Waals surface area contributed by atoms with Crippen molar-refractivity contribution in [3.05, 3.63) is 229 Å². The van der Waals surface area contributed by atoms with Crippen molar-refractivity contribution in [2.45, 2.75) is 13.3 Å². The van der Waals surface area contributed by atoms with E-state index in [1.807, 2.05) is 0 Å². The van der Waals surface area contributed by atoms with E-state index in [4.69, 9.17) is 9.97 Å². The molecule has 0 aliphatic heterocycles. The molecule has 61 heavy (non-hydrogen) atoms. The lowest BCUT2D eigenvalue weighted by atomic mass is 9.85.